The zero-order valence-electron chi connectivity index (χ0n) is 11.8. The van der Waals surface area contributed by atoms with E-state index in [4.69, 9.17) is 0 Å². The summed E-state index contributed by atoms with van der Waals surface area (Å²) in [6.07, 6.45) is 0.838. The number of ketones is 1. The third-order valence-corrected chi connectivity index (χ3v) is 5.03. The van der Waals surface area contributed by atoms with Crippen LogP contribution >= 0.6 is 0 Å². The van der Waals surface area contributed by atoms with E-state index in [0.29, 0.717) is 5.56 Å². The van der Waals surface area contributed by atoms with E-state index in [1.165, 1.54) is 6.92 Å². The summed E-state index contributed by atoms with van der Waals surface area (Å²) in [4.78, 5) is 23.2. The lowest BCUT2D eigenvalue weighted by molar-refractivity contribution is -0.137. The van der Waals surface area contributed by atoms with Gasteiger partial charge in [-0.3, -0.25) is 9.59 Å². The lowest BCUT2D eigenvalue weighted by Gasteiger charge is -2.11. The Hall–Kier alpha value is -1.69. The second-order valence-electron chi connectivity index (χ2n) is 4.44. The Kier molecular flexibility index (Phi) is 5.44. The number of carbonyl (C=O) groups excluding carboxylic acids is 2. The minimum atomic E-state index is -3.86. The summed E-state index contributed by atoms with van der Waals surface area (Å²) in [5, 5.41) is -1.27. The van der Waals surface area contributed by atoms with E-state index in [2.05, 4.69) is 4.74 Å². The minimum Gasteiger partial charge on any atom is -0.468 e. The van der Waals surface area contributed by atoms with Crippen molar-refractivity contribution in [3.8, 4) is 0 Å². The van der Waals surface area contributed by atoms with Crippen LogP contribution in [0.4, 0.5) is 0 Å². The zero-order chi connectivity index (χ0) is 15.3. The summed E-state index contributed by atoms with van der Waals surface area (Å²) in [6.45, 7) is 3.27. The highest BCUT2D eigenvalue weighted by Crippen LogP contribution is 2.13. The maximum absolute atomic E-state index is 12.1. The highest BCUT2D eigenvalue weighted by molar-refractivity contribution is 7.93. The molecular weight excluding hydrogens is 280 g/mol. The quantitative estimate of drug-likeness (QED) is 0.586. The van der Waals surface area contributed by atoms with Gasteiger partial charge < -0.3 is 4.74 Å². The molecule has 6 heteroatoms. The smallest absolute Gasteiger partial charge is 0.320 e. The van der Waals surface area contributed by atoms with Gasteiger partial charge in [-0.25, -0.2) is 8.42 Å². The maximum Gasteiger partial charge on any atom is 0.320 e. The Bertz CT molecular complexity index is 586. The predicted molar refractivity (Wildman–Crippen MR) is 75.4 cm³/mol. The molecule has 1 aromatic carbocycles. The summed E-state index contributed by atoms with van der Waals surface area (Å²) in [6, 6.07) is 6.77. The van der Waals surface area contributed by atoms with Crippen molar-refractivity contribution >= 4 is 21.6 Å². The molecule has 1 atom stereocenters. The van der Waals surface area contributed by atoms with Crippen LogP contribution in [0.2, 0.25) is 0 Å². The molecule has 0 spiro atoms. The molecule has 1 unspecified atom stereocenters. The number of carbonyl (C=O) groups is 2. The van der Waals surface area contributed by atoms with Crippen molar-refractivity contribution in [1.29, 1.82) is 0 Å². The van der Waals surface area contributed by atoms with Gasteiger partial charge in [0.05, 0.1) is 7.11 Å². The monoisotopic (exact) mass is 298 g/mol. The van der Waals surface area contributed by atoms with Gasteiger partial charge in [-0.2, -0.15) is 0 Å². The normalized spacial score (nSPS) is 12.8. The number of hydrogen-bond acceptors (Lipinski definition) is 5. The average Bonchev–Trinajstić information content (AvgIpc) is 2.45. The first-order valence-corrected chi connectivity index (χ1v) is 7.95. The van der Waals surface area contributed by atoms with E-state index in [0.717, 1.165) is 19.1 Å². The van der Waals surface area contributed by atoms with Gasteiger partial charge in [0.25, 0.3) is 0 Å². The van der Waals surface area contributed by atoms with E-state index in [-0.39, 0.29) is 0 Å². The molecule has 0 amide bonds. The number of aryl methyl sites for hydroxylation is 1. The molecule has 20 heavy (non-hydrogen) atoms. The number of Topliss-reactive ketones (excluding diaryl/α,β-unsaturated/α-hetero) is 1. The van der Waals surface area contributed by atoms with E-state index in [1.54, 1.807) is 24.3 Å². The van der Waals surface area contributed by atoms with Crippen LogP contribution in [0, 0.1) is 0 Å². The van der Waals surface area contributed by atoms with Crippen molar-refractivity contribution in [2.45, 2.75) is 25.5 Å². The molecule has 0 fully saturated rings. The SMILES string of the molecule is CCc1ccc(C(=O)C(C)S(=O)(=O)CC(=O)OC)cc1. The zero-order valence-corrected chi connectivity index (χ0v) is 12.6. The van der Waals surface area contributed by atoms with E-state index < -0.39 is 32.6 Å². The highest BCUT2D eigenvalue weighted by Gasteiger charge is 2.31. The van der Waals surface area contributed by atoms with Crippen LogP contribution in [0.1, 0.15) is 29.8 Å². The molecule has 5 nitrogen and oxygen atoms in total. The van der Waals surface area contributed by atoms with Crippen LogP contribution in [0.15, 0.2) is 24.3 Å². The summed E-state index contributed by atoms with van der Waals surface area (Å²) >= 11 is 0. The third kappa shape index (κ3) is 3.90. The molecule has 0 aliphatic heterocycles. The molecule has 1 aromatic rings. The van der Waals surface area contributed by atoms with Crippen molar-refractivity contribution < 1.29 is 22.7 Å². The van der Waals surface area contributed by atoms with Crippen LogP contribution in [-0.4, -0.2) is 38.3 Å². The van der Waals surface area contributed by atoms with Gasteiger partial charge in [-0.05, 0) is 18.9 Å². The van der Waals surface area contributed by atoms with Gasteiger partial charge >= 0.3 is 5.97 Å². The summed E-state index contributed by atoms with van der Waals surface area (Å²) in [7, 11) is -2.75. The Balaban J connectivity index is 2.92. The van der Waals surface area contributed by atoms with Crippen LogP contribution < -0.4 is 0 Å². The number of ether oxygens (including phenoxy) is 1. The van der Waals surface area contributed by atoms with Crippen LogP contribution in [0.25, 0.3) is 0 Å². The first-order valence-electron chi connectivity index (χ1n) is 6.23. The largest absolute Gasteiger partial charge is 0.468 e. The van der Waals surface area contributed by atoms with Crippen molar-refractivity contribution in [3.05, 3.63) is 35.4 Å². The topological polar surface area (TPSA) is 77.5 Å². The number of methoxy groups -OCH3 is 1. The fraction of sp³-hybridized carbons (Fsp3) is 0.429. The third-order valence-electron chi connectivity index (χ3n) is 3.10. The summed E-state index contributed by atoms with van der Waals surface area (Å²) in [5.74, 6) is -2.17. The molecule has 0 aromatic heterocycles. The number of rotatable bonds is 6. The van der Waals surface area contributed by atoms with E-state index in [9.17, 15) is 18.0 Å². The van der Waals surface area contributed by atoms with Gasteiger partial charge in [0.1, 0.15) is 11.0 Å². The first kappa shape index (κ1) is 16.4. The number of benzene rings is 1. The standard InChI is InChI=1S/C14H18O5S/c1-4-11-5-7-12(8-6-11)14(16)10(2)20(17,18)9-13(15)19-3/h5-8,10H,4,9H2,1-3H3. The summed E-state index contributed by atoms with van der Waals surface area (Å²) in [5.41, 5.74) is 1.38. The Morgan fingerprint density at radius 2 is 1.75 bits per heavy atom. The molecule has 1 rings (SSSR count). The van der Waals surface area contributed by atoms with Gasteiger partial charge in [-0.1, -0.05) is 31.2 Å². The predicted octanol–water partition coefficient (Wildman–Crippen LogP) is 1.41. The minimum absolute atomic E-state index is 0.322. The molecule has 0 heterocycles. The van der Waals surface area contributed by atoms with Crippen molar-refractivity contribution in [2.75, 3.05) is 12.9 Å². The number of sulfone groups is 1. The summed E-state index contributed by atoms with van der Waals surface area (Å²) < 4.78 is 28.2. The van der Waals surface area contributed by atoms with Gasteiger partial charge in [0.2, 0.25) is 0 Å². The lowest BCUT2D eigenvalue weighted by Crippen LogP contribution is -2.32. The Labute approximate surface area is 118 Å². The number of esters is 1. The van der Waals surface area contributed by atoms with Crippen molar-refractivity contribution in [1.82, 2.24) is 0 Å². The molecule has 0 aliphatic rings. The Morgan fingerprint density at radius 3 is 2.20 bits per heavy atom. The highest BCUT2D eigenvalue weighted by atomic mass is 32.2. The fourth-order valence-electron chi connectivity index (χ4n) is 1.65. The van der Waals surface area contributed by atoms with E-state index in [1.807, 2.05) is 6.92 Å². The molecular formula is C14H18O5S. The van der Waals surface area contributed by atoms with Gasteiger partial charge in [0, 0.05) is 5.56 Å². The molecule has 0 bridgehead atoms. The second-order valence-corrected chi connectivity index (χ2v) is 6.76. The van der Waals surface area contributed by atoms with Crippen LogP contribution in [0.5, 0.6) is 0 Å². The molecule has 0 saturated carbocycles. The fourth-order valence-corrected chi connectivity index (χ4v) is 2.81. The average molecular weight is 298 g/mol. The first-order chi connectivity index (χ1) is 9.31. The lowest BCUT2D eigenvalue weighted by atomic mass is 10.1. The maximum atomic E-state index is 12.1. The Morgan fingerprint density at radius 1 is 1.20 bits per heavy atom. The van der Waals surface area contributed by atoms with Crippen molar-refractivity contribution in [2.24, 2.45) is 0 Å². The van der Waals surface area contributed by atoms with Crippen LogP contribution in [0.3, 0.4) is 0 Å². The second kappa shape index (κ2) is 6.65. The molecule has 0 radical (unpaired) electrons. The molecule has 0 N–H and O–H groups in total. The van der Waals surface area contributed by atoms with E-state index >= 15 is 0 Å². The van der Waals surface area contributed by atoms with Gasteiger partial charge in [-0.15, -0.1) is 0 Å². The van der Waals surface area contributed by atoms with Gasteiger partial charge in [0.15, 0.2) is 15.6 Å². The van der Waals surface area contributed by atoms with Crippen molar-refractivity contribution in [3.63, 3.8) is 0 Å². The van der Waals surface area contributed by atoms with Crippen LogP contribution in [-0.2, 0) is 25.8 Å². The number of hydrogen-bond donors (Lipinski definition) is 0. The molecule has 110 valence electrons. The molecule has 0 aliphatic carbocycles. The molecule has 0 saturated heterocycles.